The molecule has 0 saturated carbocycles. The predicted molar refractivity (Wildman–Crippen MR) is 95.3 cm³/mol. The summed E-state index contributed by atoms with van der Waals surface area (Å²) in [5.41, 5.74) is 4.82. The molecule has 1 aliphatic heterocycles. The highest BCUT2D eigenvalue weighted by atomic mass is 16.5. The predicted octanol–water partition coefficient (Wildman–Crippen LogP) is 4.73. The molecule has 3 rings (SSSR count). The first kappa shape index (κ1) is 17.0. The van der Waals surface area contributed by atoms with E-state index in [-0.39, 0.29) is 0 Å². The summed E-state index contributed by atoms with van der Waals surface area (Å²) in [7, 11) is 1.73. The third-order valence-electron chi connectivity index (χ3n) is 5.07. The van der Waals surface area contributed by atoms with Gasteiger partial charge >= 0.3 is 0 Å². The Morgan fingerprint density at radius 3 is 2.67 bits per heavy atom. The SMILES string of the molecule is COc1cc(C)c(CN2CCCCC[C@H]2c2cc(C)no2)cc1C. The number of aromatic nitrogens is 1. The Hall–Kier alpha value is -1.81. The number of likely N-dealkylation sites (tertiary alicyclic amines) is 1. The fourth-order valence-corrected chi connectivity index (χ4v) is 3.68. The van der Waals surface area contributed by atoms with Gasteiger partial charge in [-0.05, 0) is 62.9 Å². The van der Waals surface area contributed by atoms with Crippen molar-refractivity contribution in [1.29, 1.82) is 0 Å². The van der Waals surface area contributed by atoms with Crippen LogP contribution in [0.2, 0.25) is 0 Å². The van der Waals surface area contributed by atoms with Crippen LogP contribution in [-0.4, -0.2) is 23.7 Å². The summed E-state index contributed by atoms with van der Waals surface area (Å²) in [4.78, 5) is 2.56. The van der Waals surface area contributed by atoms with E-state index in [2.05, 4.69) is 42.1 Å². The van der Waals surface area contributed by atoms with Gasteiger partial charge in [-0.25, -0.2) is 0 Å². The highest BCUT2D eigenvalue weighted by Crippen LogP contribution is 2.33. The van der Waals surface area contributed by atoms with Gasteiger partial charge in [-0.15, -0.1) is 0 Å². The van der Waals surface area contributed by atoms with Crippen molar-refractivity contribution in [2.24, 2.45) is 0 Å². The largest absolute Gasteiger partial charge is 0.496 e. The fraction of sp³-hybridized carbons (Fsp3) is 0.550. The van der Waals surface area contributed by atoms with Crippen molar-refractivity contribution in [1.82, 2.24) is 10.1 Å². The van der Waals surface area contributed by atoms with Gasteiger partial charge in [-0.1, -0.05) is 24.1 Å². The number of hydrogen-bond donors (Lipinski definition) is 0. The van der Waals surface area contributed by atoms with Crippen LogP contribution in [0.1, 0.15) is 59.9 Å². The van der Waals surface area contributed by atoms with Crippen LogP contribution in [0.5, 0.6) is 5.75 Å². The number of benzene rings is 1. The van der Waals surface area contributed by atoms with Crippen molar-refractivity contribution >= 4 is 0 Å². The van der Waals surface area contributed by atoms with Gasteiger partial charge in [0.25, 0.3) is 0 Å². The molecule has 0 unspecified atom stereocenters. The minimum Gasteiger partial charge on any atom is -0.496 e. The number of hydrogen-bond acceptors (Lipinski definition) is 4. The molecule has 24 heavy (non-hydrogen) atoms. The highest BCUT2D eigenvalue weighted by molar-refractivity contribution is 5.41. The van der Waals surface area contributed by atoms with Crippen molar-refractivity contribution in [2.75, 3.05) is 13.7 Å². The van der Waals surface area contributed by atoms with E-state index in [1.807, 2.05) is 6.92 Å². The van der Waals surface area contributed by atoms with E-state index in [0.29, 0.717) is 6.04 Å². The molecule has 2 aromatic rings. The van der Waals surface area contributed by atoms with E-state index in [4.69, 9.17) is 9.26 Å². The molecular weight excluding hydrogens is 300 g/mol. The van der Waals surface area contributed by atoms with Crippen molar-refractivity contribution in [2.45, 2.75) is 59.0 Å². The monoisotopic (exact) mass is 328 g/mol. The summed E-state index contributed by atoms with van der Waals surface area (Å²) < 4.78 is 11.1. The third-order valence-corrected chi connectivity index (χ3v) is 5.07. The van der Waals surface area contributed by atoms with Gasteiger partial charge in [-0.3, -0.25) is 4.90 Å². The maximum absolute atomic E-state index is 5.61. The van der Waals surface area contributed by atoms with E-state index in [9.17, 15) is 0 Å². The molecule has 0 N–H and O–H groups in total. The summed E-state index contributed by atoms with van der Waals surface area (Å²) in [6, 6.07) is 6.84. The van der Waals surface area contributed by atoms with Crippen LogP contribution in [0.4, 0.5) is 0 Å². The Kier molecular flexibility index (Phi) is 5.24. The molecule has 1 saturated heterocycles. The summed E-state index contributed by atoms with van der Waals surface area (Å²) >= 11 is 0. The fourth-order valence-electron chi connectivity index (χ4n) is 3.68. The van der Waals surface area contributed by atoms with Crippen molar-refractivity contribution < 1.29 is 9.26 Å². The van der Waals surface area contributed by atoms with Crippen LogP contribution in [0.3, 0.4) is 0 Å². The number of ether oxygens (including phenoxy) is 1. The van der Waals surface area contributed by atoms with Crippen LogP contribution in [0.25, 0.3) is 0 Å². The van der Waals surface area contributed by atoms with Crippen LogP contribution < -0.4 is 4.74 Å². The Bertz CT molecular complexity index is 693. The topological polar surface area (TPSA) is 38.5 Å². The zero-order chi connectivity index (χ0) is 17.1. The molecule has 130 valence electrons. The first-order valence-electron chi connectivity index (χ1n) is 8.90. The third kappa shape index (κ3) is 3.64. The van der Waals surface area contributed by atoms with Gasteiger partial charge in [0.05, 0.1) is 18.8 Å². The Morgan fingerprint density at radius 2 is 1.96 bits per heavy atom. The van der Waals surface area contributed by atoms with Gasteiger partial charge in [0, 0.05) is 12.6 Å². The Balaban J connectivity index is 1.86. The molecule has 0 bridgehead atoms. The second kappa shape index (κ2) is 7.39. The maximum Gasteiger partial charge on any atom is 0.154 e. The van der Waals surface area contributed by atoms with Crippen LogP contribution in [-0.2, 0) is 6.54 Å². The number of aryl methyl sites for hydroxylation is 3. The molecule has 4 heteroatoms. The van der Waals surface area contributed by atoms with Gasteiger partial charge in [-0.2, -0.15) is 0 Å². The van der Waals surface area contributed by atoms with Crippen LogP contribution >= 0.6 is 0 Å². The molecule has 1 atom stereocenters. The van der Waals surface area contributed by atoms with E-state index >= 15 is 0 Å². The average molecular weight is 328 g/mol. The summed E-state index contributed by atoms with van der Waals surface area (Å²) in [5, 5.41) is 4.10. The maximum atomic E-state index is 5.61. The molecule has 0 radical (unpaired) electrons. The lowest BCUT2D eigenvalue weighted by atomic mass is 10.0. The van der Waals surface area contributed by atoms with Gasteiger partial charge in [0.15, 0.2) is 5.76 Å². The summed E-state index contributed by atoms with van der Waals surface area (Å²) in [6.07, 6.45) is 4.93. The lowest BCUT2D eigenvalue weighted by molar-refractivity contribution is 0.159. The molecule has 1 fully saturated rings. The van der Waals surface area contributed by atoms with Gasteiger partial charge in [0.1, 0.15) is 5.75 Å². The lowest BCUT2D eigenvalue weighted by Crippen LogP contribution is -2.28. The Labute approximate surface area is 144 Å². The van der Waals surface area contributed by atoms with Gasteiger partial charge < -0.3 is 9.26 Å². The van der Waals surface area contributed by atoms with E-state index < -0.39 is 0 Å². The first-order chi connectivity index (χ1) is 11.6. The van der Waals surface area contributed by atoms with E-state index in [0.717, 1.165) is 36.7 Å². The summed E-state index contributed by atoms with van der Waals surface area (Å²) in [6.45, 7) is 8.32. The number of nitrogens with zero attached hydrogens (tertiary/aromatic N) is 2. The van der Waals surface area contributed by atoms with Crippen molar-refractivity contribution in [3.05, 3.63) is 46.3 Å². The molecule has 0 aliphatic carbocycles. The lowest BCUT2D eigenvalue weighted by Gasteiger charge is -2.29. The molecule has 1 aromatic carbocycles. The zero-order valence-electron chi connectivity index (χ0n) is 15.3. The standard InChI is InChI=1S/C20H28N2O2/c1-14-11-19(23-4)15(2)10-17(14)13-22-9-7-5-6-8-18(22)20-12-16(3)21-24-20/h10-12,18H,5-9,13H2,1-4H3/t18-/m0/s1. The Morgan fingerprint density at radius 1 is 1.12 bits per heavy atom. The van der Waals surface area contributed by atoms with Crippen molar-refractivity contribution in [3.63, 3.8) is 0 Å². The highest BCUT2D eigenvalue weighted by Gasteiger charge is 2.26. The smallest absolute Gasteiger partial charge is 0.154 e. The average Bonchev–Trinajstić information content (AvgIpc) is 2.85. The normalized spacial score (nSPS) is 19.2. The molecule has 0 amide bonds. The second-order valence-corrected chi connectivity index (χ2v) is 6.95. The number of methoxy groups -OCH3 is 1. The molecule has 1 aliphatic rings. The molecule has 2 heterocycles. The first-order valence-corrected chi connectivity index (χ1v) is 8.90. The molecule has 0 spiro atoms. The second-order valence-electron chi connectivity index (χ2n) is 6.95. The zero-order valence-corrected chi connectivity index (χ0v) is 15.3. The quantitative estimate of drug-likeness (QED) is 0.813. The molecule has 4 nitrogen and oxygen atoms in total. The van der Waals surface area contributed by atoms with Crippen molar-refractivity contribution in [3.8, 4) is 5.75 Å². The molecular formula is C20H28N2O2. The summed E-state index contributed by atoms with van der Waals surface area (Å²) in [5.74, 6) is 1.98. The van der Waals surface area contributed by atoms with E-state index in [1.54, 1.807) is 7.11 Å². The minimum atomic E-state index is 0.329. The number of rotatable bonds is 4. The van der Waals surface area contributed by atoms with Gasteiger partial charge in [0.2, 0.25) is 0 Å². The van der Waals surface area contributed by atoms with Crippen LogP contribution in [0, 0.1) is 20.8 Å². The van der Waals surface area contributed by atoms with Crippen LogP contribution in [0.15, 0.2) is 22.7 Å². The van der Waals surface area contributed by atoms with E-state index in [1.165, 1.54) is 36.0 Å². The molecule has 1 aromatic heterocycles. The minimum absolute atomic E-state index is 0.329.